The number of nitrogens with two attached hydrogens (primary N) is 1. The second-order valence-corrected chi connectivity index (χ2v) is 5.98. The number of nitrogens with zero attached hydrogens (tertiary/aromatic N) is 1. The first-order valence-corrected chi connectivity index (χ1v) is 7.15. The van der Waals surface area contributed by atoms with Crippen LogP contribution < -0.4 is 15.2 Å². The summed E-state index contributed by atoms with van der Waals surface area (Å²) < 4.78 is 11.8. The highest BCUT2D eigenvalue weighted by Gasteiger charge is 2.31. The molecule has 4 nitrogen and oxygen atoms in total. The lowest BCUT2D eigenvalue weighted by Crippen LogP contribution is -2.37. The maximum absolute atomic E-state index is 6.21. The van der Waals surface area contributed by atoms with Gasteiger partial charge in [0.2, 0.25) is 0 Å². The monoisotopic (exact) mass is 284 g/mol. The summed E-state index contributed by atoms with van der Waals surface area (Å²) >= 11 is 0. The molecule has 0 bridgehead atoms. The van der Waals surface area contributed by atoms with Gasteiger partial charge in [0.1, 0.15) is 23.7 Å². The van der Waals surface area contributed by atoms with Crippen molar-refractivity contribution in [3.8, 4) is 11.5 Å². The van der Waals surface area contributed by atoms with Gasteiger partial charge in [0.25, 0.3) is 0 Å². The average Bonchev–Trinajstić information content (AvgIpc) is 2.44. The number of benzene rings is 1. The maximum Gasteiger partial charge on any atom is 0.130 e. The van der Waals surface area contributed by atoms with Crippen molar-refractivity contribution in [2.24, 2.45) is 5.73 Å². The fourth-order valence-electron chi connectivity index (χ4n) is 2.62. The van der Waals surface area contributed by atoms with Crippen molar-refractivity contribution in [3.05, 3.63) is 53.9 Å². The molecule has 1 aliphatic heterocycles. The Bertz CT molecular complexity index is 626. The van der Waals surface area contributed by atoms with Gasteiger partial charge in [-0.1, -0.05) is 12.1 Å². The third-order valence-corrected chi connectivity index (χ3v) is 3.60. The molecule has 2 N–H and O–H groups in total. The Kier molecular flexibility index (Phi) is 3.55. The summed E-state index contributed by atoms with van der Waals surface area (Å²) in [5, 5.41) is 0. The van der Waals surface area contributed by atoms with Crippen LogP contribution in [0.25, 0.3) is 0 Å². The molecule has 4 heteroatoms. The van der Waals surface area contributed by atoms with Gasteiger partial charge in [-0.25, -0.2) is 0 Å². The predicted octanol–water partition coefficient (Wildman–Crippen LogP) is 3.22. The highest BCUT2D eigenvalue weighted by molar-refractivity contribution is 5.44. The first-order chi connectivity index (χ1) is 10.0. The summed E-state index contributed by atoms with van der Waals surface area (Å²) in [6.45, 7) is 4.55. The fourth-order valence-corrected chi connectivity index (χ4v) is 2.62. The van der Waals surface area contributed by atoms with E-state index in [1.807, 2.05) is 36.4 Å². The summed E-state index contributed by atoms with van der Waals surface area (Å²) in [7, 11) is 0. The molecule has 0 amide bonds. The zero-order valence-corrected chi connectivity index (χ0v) is 12.4. The second-order valence-electron chi connectivity index (χ2n) is 5.98. The van der Waals surface area contributed by atoms with Crippen LogP contribution in [0.4, 0.5) is 0 Å². The second kappa shape index (κ2) is 5.37. The summed E-state index contributed by atoms with van der Waals surface area (Å²) in [5.74, 6) is 1.58. The standard InChI is InChI=1S/C17H20N2O2/c1-17(2)10-15(18)14-7-6-13(9-16(14)21-17)20-11-12-5-3-4-8-19-12/h3-9,15H,10-11,18H2,1-2H3. The first-order valence-electron chi connectivity index (χ1n) is 7.15. The number of fused-ring (bicyclic) bond motifs is 1. The van der Waals surface area contributed by atoms with Crippen LogP contribution in [0, 0.1) is 0 Å². The lowest BCUT2D eigenvalue weighted by Gasteiger charge is -2.36. The molecule has 1 unspecified atom stereocenters. The number of pyridine rings is 1. The molecule has 1 aromatic heterocycles. The van der Waals surface area contributed by atoms with E-state index in [9.17, 15) is 0 Å². The molecule has 1 aromatic carbocycles. The van der Waals surface area contributed by atoms with E-state index in [4.69, 9.17) is 15.2 Å². The predicted molar refractivity (Wildman–Crippen MR) is 81.3 cm³/mol. The van der Waals surface area contributed by atoms with Gasteiger partial charge in [0, 0.05) is 30.3 Å². The summed E-state index contributed by atoms with van der Waals surface area (Å²) in [6.07, 6.45) is 2.57. The minimum atomic E-state index is -0.244. The molecule has 110 valence electrons. The first kappa shape index (κ1) is 13.9. The van der Waals surface area contributed by atoms with Crippen LogP contribution in [-0.4, -0.2) is 10.6 Å². The number of aromatic nitrogens is 1. The van der Waals surface area contributed by atoms with Crippen molar-refractivity contribution >= 4 is 0 Å². The molecule has 3 rings (SSSR count). The Hall–Kier alpha value is -2.07. The van der Waals surface area contributed by atoms with Crippen LogP contribution in [0.15, 0.2) is 42.6 Å². The normalized spacial score (nSPS) is 19.5. The molecule has 1 atom stereocenters. The van der Waals surface area contributed by atoms with Crippen LogP contribution in [-0.2, 0) is 6.61 Å². The van der Waals surface area contributed by atoms with Crippen LogP contribution in [0.2, 0.25) is 0 Å². The highest BCUT2D eigenvalue weighted by Crippen LogP contribution is 2.40. The lowest BCUT2D eigenvalue weighted by molar-refractivity contribution is 0.0724. The van der Waals surface area contributed by atoms with E-state index < -0.39 is 0 Å². The van der Waals surface area contributed by atoms with Crippen LogP contribution in [0.1, 0.15) is 37.6 Å². The number of hydrogen-bond donors (Lipinski definition) is 1. The van der Waals surface area contributed by atoms with Gasteiger partial charge < -0.3 is 15.2 Å². The van der Waals surface area contributed by atoms with Crippen molar-refractivity contribution in [2.45, 2.75) is 38.5 Å². The molecular formula is C17H20N2O2. The Labute approximate surface area is 124 Å². The molecule has 0 fully saturated rings. The Balaban J connectivity index is 1.77. The van der Waals surface area contributed by atoms with E-state index >= 15 is 0 Å². The zero-order chi connectivity index (χ0) is 14.9. The molecular weight excluding hydrogens is 264 g/mol. The number of hydrogen-bond acceptors (Lipinski definition) is 4. The van der Waals surface area contributed by atoms with E-state index in [1.165, 1.54) is 0 Å². The van der Waals surface area contributed by atoms with E-state index in [0.717, 1.165) is 29.2 Å². The minimum absolute atomic E-state index is 0.00795. The van der Waals surface area contributed by atoms with Gasteiger partial charge in [-0.2, -0.15) is 0 Å². The summed E-state index contributed by atoms with van der Waals surface area (Å²) in [6, 6.07) is 11.6. The van der Waals surface area contributed by atoms with Crippen LogP contribution in [0.5, 0.6) is 11.5 Å². The van der Waals surface area contributed by atoms with E-state index in [2.05, 4.69) is 18.8 Å². The Morgan fingerprint density at radius 3 is 2.95 bits per heavy atom. The van der Waals surface area contributed by atoms with Crippen molar-refractivity contribution in [1.82, 2.24) is 4.98 Å². The van der Waals surface area contributed by atoms with Crippen LogP contribution in [0.3, 0.4) is 0 Å². The van der Waals surface area contributed by atoms with Crippen molar-refractivity contribution < 1.29 is 9.47 Å². The smallest absolute Gasteiger partial charge is 0.130 e. The van der Waals surface area contributed by atoms with Gasteiger partial charge in [0.05, 0.1) is 5.69 Å². The lowest BCUT2D eigenvalue weighted by atomic mass is 9.90. The van der Waals surface area contributed by atoms with Crippen LogP contribution >= 0.6 is 0 Å². The molecule has 0 spiro atoms. The number of ether oxygens (including phenoxy) is 2. The average molecular weight is 284 g/mol. The quantitative estimate of drug-likeness (QED) is 0.940. The third kappa shape index (κ3) is 3.16. The highest BCUT2D eigenvalue weighted by atomic mass is 16.5. The van der Waals surface area contributed by atoms with Gasteiger partial charge in [-0.15, -0.1) is 0 Å². The van der Waals surface area contributed by atoms with Crippen molar-refractivity contribution in [1.29, 1.82) is 0 Å². The fraction of sp³-hybridized carbons (Fsp3) is 0.353. The molecule has 2 aromatic rings. The maximum atomic E-state index is 6.21. The Morgan fingerprint density at radius 1 is 1.33 bits per heavy atom. The summed E-state index contributed by atoms with van der Waals surface area (Å²) in [5.41, 5.74) is 7.90. The topological polar surface area (TPSA) is 57.4 Å². The van der Waals surface area contributed by atoms with E-state index in [0.29, 0.717) is 6.61 Å². The molecule has 21 heavy (non-hydrogen) atoms. The molecule has 0 saturated heterocycles. The van der Waals surface area contributed by atoms with E-state index in [-0.39, 0.29) is 11.6 Å². The van der Waals surface area contributed by atoms with Crippen molar-refractivity contribution in [2.75, 3.05) is 0 Å². The molecule has 0 radical (unpaired) electrons. The summed E-state index contributed by atoms with van der Waals surface area (Å²) in [4.78, 5) is 4.24. The molecule has 0 saturated carbocycles. The number of rotatable bonds is 3. The molecule has 1 aliphatic rings. The van der Waals surface area contributed by atoms with Crippen molar-refractivity contribution in [3.63, 3.8) is 0 Å². The van der Waals surface area contributed by atoms with Gasteiger partial charge in [-0.05, 0) is 32.0 Å². The molecule has 0 aliphatic carbocycles. The Morgan fingerprint density at radius 2 is 2.19 bits per heavy atom. The third-order valence-electron chi connectivity index (χ3n) is 3.60. The SMILES string of the molecule is CC1(C)CC(N)c2ccc(OCc3ccccn3)cc2O1. The van der Waals surface area contributed by atoms with Gasteiger partial charge >= 0.3 is 0 Å². The zero-order valence-electron chi connectivity index (χ0n) is 12.4. The largest absolute Gasteiger partial charge is 0.487 e. The minimum Gasteiger partial charge on any atom is -0.487 e. The van der Waals surface area contributed by atoms with E-state index in [1.54, 1.807) is 6.20 Å². The molecule has 2 heterocycles. The van der Waals surface area contributed by atoms with Gasteiger partial charge in [0.15, 0.2) is 0 Å². The van der Waals surface area contributed by atoms with Gasteiger partial charge in [-0.3, -0.25) is 4.98 Å².